The summed E-state index contributed by atoms with van der Waals surface area (Å²) in [5.41, 5.74) is 1.67. The summed E-state index contributed by atoms with van der Waals surface area (Å²) in [4.78, 5) is 12.3. The standard InChI is InChI=1S/C17H17N3O2/c1-12(19-15-9-5-6-10-16(15)22-2)17(21)20-14-8-4-3-7-13(14)11-18/h3-10,12,19H,1-2H3,(H,20,21). The van der Waals surface area contributed by atoms with Crippen molar-refractivity contribution in [2.45, 2.75) is 13.0 Å². The van der Waals surface area contributed by atoms with Crippen LogP contribution < -0.4 is 15.4 Å². The lowest BCUT2D eigenvalue weighted by Gasteiger charge is -2.17. The van der Waals surface area contributed by atoms with Crippen molar-refractivity contribution in [1.82, 2.24) is 0 Å². The number of anilines is 2. The highest BCUT2D eigenvalue weighted by Gasteiger charge is 2.15. The van der Waals surface area contributed by atoms with E-state index in [9.17, 15) is 4.79 Å². The molecule has 2 N–H and O–H groups in total. The van der Waals surface area contributed by atoms with Crippen molar-refractivity contribution in [2.24, 2.45) is 0 Å². The number of amides is 1. The molecule has 0 heterocycles. The van der Waals surface area contributed by atoms with Gasteiger partial charge in [-0.25, -0.2) is 0 Å². The molecule has 5 heteroatoms. The molecule has 0 aliphatic carbocycles. The van der Waals surface area contributed by atoms with Crippen molar-refractivity contribution in [3.63, 3.8) is 0 Å². The molecule has 0 bridgehead atoms. The Labute approximate surface area is 129 Å². The fourth-order valence-electron chi connectivity index (χ4n) is 1.99. The number of carbonyl (C=O) groups excluding carboxylic acids is 1. The monoisotopic (exact) mass is 295 g/mol. The third-order valence-corrected chi connectivity index (χ3v) is 3.18. The van der Waals surface area contributed by atoms with Crippen LogP contribution >= 0.6 is 0 Å². The number of nitrogens with zero attached hydrogens (tertiary/aromatic N) is 1. The molecule has 112 valence electrons. The number of hydrogen-bond acceptors (Lipinski definition) is 4. The van der Waals surface area contributed by atoms with Gasteiger partial charge in [-0.1, -0.05) is 24.3 Å². The van der Waals surface area contributed by atoms with Gasteiger partial charge in [0.25, 0.3) is 0 Å². The van der Waals surface area contributed by atoms with Crippen molar-refractivity contribution in [3.05, 3.63) is 54.1 Å². The summed E-state index contributed by atoms with van der Waals surface area (Å²) in [6.45, 7) is 1.75. The zero-order chi connectivity index (χ0) is 15.9. The minimum Gasteiger partial charge on any atom is -0.495 e. The number of rotatable bonds is 5. The van der Waals surface area contributed by atoms with Crippen LogP contribution in [0.4, 0.5) is 11.4 Å². The Hall–Kier alpha value is -3.00. The molecule has 2 aromatic rings. The predicted octanol–water partition coefficient (Wildman–Crippen LogP) is 3.01. The molecule has 0 radical (unpaired) electrons. The van der Waals surface area contributed by atoms with Crippen LogP contribution in [0.25, 0.3) is 0 Å². The Morgan fingerprint density at radius 3 is 2.45 bits per heavy atom. The van der Waals surface area contributed by atoms with E-state index in [4.69, 9.17) is 10.00 Å². The van der Waals surface area contributed by atoms with Crippen LogP contribution in [0.1, 0.15) is 12.5 Å². The number of nitrogens with one attached hydrogen (secondary N) is 2. The molecule has 2 rings (SSSR count). The number of hydrogen-bond donors (Lipinski definition) is 2. The van der Waals surface area contributed by atoms with Gasteiger partial charge in [0.05, 0.1) is 24.0 Å². The third-order valence-electron chi connectivity index (χ3n) is 3.18. The SMILES string of the molecule is COc1ccccc1NC(C)C(=O)Nc1ccccc1C#N. The van der Waals surface area contributed by atoms with Gasteiger partial charge in [-0.15, -0.1) is 0 Å². The molecule has 0 aromatic heterocycles. The smallest absolute Gasteiger partial charge is 0.246 e. The molecular formula is C17H17N3O2. The van der Waals surface area contributed by atoms with E-state index in [1.165, 1.54) is 0 Å². The summed E-state index contributed by atoms with van der Waals surface area (Å²) in [5.74, 6) is 0.438. The average Bonchev–Trinajstić information content (AvgIpc) is 2.55. The Morgan fingerprint density at radius 1 is 1.14 bits per heavy atom. The highest BCUT2D eigenvalue weighted by molar-refractivity contribution is 5.97. The van der Waals surface area contributed by atoms with Gasteiger partial charge in [-0.3, -0.25) is 4.79 Å². The van der Waals surface area contributed by atoms with Crippen LogP contribution in [0.15, 0.2) is 48.5 Å². The minimum atomic E-state index is -0.483. The first kappa shape index (κ1) is 15.4. The van der Waals surface area contributed by atoms with E-state index in [-0.39, 0.29) is 5.91 Å². The van der Waals surface area contributed by atoms with Gasteiger partial charge in [0.1, 0.15) is 17.9 Å². The van der Waals surface area contributed by atoms with E-state index >= 15 is 0 Å². The van der Waals surface area contributed by atoms with Gasteiger partial charge in [0.15, 0.2) is 0 Å². The summed E-state index contributed by atoms with van der Waals surface area (Å²) in [6, 6.07) is 15.8. The number of ether oxygens (including phenoxy) is 1. The number of para-hydroxylation sites is 3. The summed E-state index contributed by atoms with van der Waals surface area (Å²) in [6.07, 6.45) is 0. The zero-order valence-corrected chi connectivity index (χ0v) is 12.5. The van der Waals surface area contributed by atoms with Crippen molar-refractivity contribution in [1.29, 1.82) is 5.26 Å². The Morgan fingerprint density at radius 2 is 1.77 bits per heavy atom. The summed E-state index contributed by atoms with van der Waals surface area (Å²) in [5, 5.41) is 14.9. The van der Waals surface area contributed by atoms with E-state index in [2.05, 4.69) is 16.7 Å². The van der Waals surface area contributed by atoms with Gasteiger partial charge >= 0.3 is 0 Å². The van der Waals surface area contributed by atoms with Crippen molar-refractivity contribution in [3.8, 4) is 11.8 Å². The minimum absolute atomic E-state index is 0.228. The third kappa shape index (κ3) is 3.55. The van der Waals surface area contributed by atoms with Crippen LogP contribution in [0.2, 0.25) is 0 Å². The second-order valence-electron chi connectivity index (χ2n) is 4.71. The lowest BCUT2D eigenvalue weighted by Crippen LogP contribution is -2.32. The summed E-state index contributed by atoms with van der Waals surface area (Å²) >= 11 is 0. The fourth-order valence-corrected chi connectivity index (χ4v) is 1.99. The second-order valence-corrected chi connectivity index (χ2v) is 4.71. The van der Waals surface area contributed by atoms with E-state index in [0.29, 0.717) is 17.0 Å². The van der Waals surface area contributed by atoms with E-state index in [1.54, 1.807) is 38.3 Å². The van der Waals surface area contributed by atoms with Crippen LogP contribution in [-0.2, 0) is 4.79 Å². The van der Waals surface area contributed by atoms with Gasteiger partial charge in [0.2, 0.25) is 5.91 Å². The molecule has 0 saturated carbocycles. The van der Waals surface area contributed by atoms with Crippen molar-refractivity contribution < 1.29 is 9.53 Å². The maximum absolute atomic E-state index is 12.3. The molecule has 1 amide bonds. The predicted molar refractivity (Wildman–Crippen MR) is 85.9 cm³/mol. The molecule has 1 unspecified atom stereocenters. The Bertz CT molecular complexity index is 707. The highest BCUT2D eigenvalue weighted by atomic mass is 16.5. The van der Waals surface area contributed by atoms with Gasteiger partial charge in [-0.05, 0) is 31.2 Å². The lowest BCUT2D eigenvalue weighted by atomic mass is 10.2. The van der Waals surface area contributed by atoms with Crippen molar-refractivity contribution in [2.75, 3.05) is 17.7 Å². The van der Waals surface area contributed by atoms with Crippen LogP contribution in [0, 0.1) is 11.3 Å². The van der Waals surface area contributed by atoms with Crippen molar-refractivity contribution >= 4 is 17.3 Å². The topological polar surface area (TPSA) is 74.2 Å². The molecule has 1 atom stereocenters. The molecule has 2 aromatic carbocycles. The zero-order valence-electron chi connectivity index (χ0n) is 12.5. The van der Waals surface area contributed by atoms with Crippen LogP contribution in [-0.4, -0.2) is 19.1 Å². The number of nitriles is 1. The Kier molecular flexibility index (Phi) is 4.99. The van der Waals surface area contributed by atoms with E-state index < -0.39 is 6.04 Å². The average molecular weight is 295 g/mol. The van der Waals surface area contributed by atoms with Gasteiger partial charge in [0, 0.05) is 0 Å². The molecule has 0 fully saturated rings. The molecule has 5 nitrogen and oxygen atoms in total. The molecule has 0 aliphatic rings. The first-order valence-corrected chi connectivity index (χ1v) is 6.85. The fraction of sp³-hybridized carbons (Fsp3) is 0.176. The maximum atomic E-state index is 12.3. The molecule has 0 saturated heterocycles. The summed E-state index contributed by atoms with van der Waals surface area (Å²) in [7, 11) is 1.58. The van der Waals surface area contributed by atoms with E-state index in [0.717, 1.165) is 5.69 Å². The second kappa shape index (κ2) is 7.14. The van der Waals surface area contributed by atoms with Gasteiger partial charge < -0.3 is 15.4 Å². The number of methoxy groups -OCH3 is 1. The lowest BCUT2D eigenvalue weighted by molar-refractivity contribution is -0.116. The van der Waals surface area contributed by atoms with Crippen LogP contribution in [0.5, 0.6) is 5.75 Å². The quantitative estimate of drug-likeness (QED) is 0.889. The number of carbonyl (C=O) groups is 1. The normalized spacial score (nSPS) is 11.1. The molecule has 0 spiro atoms. The molecule has 22 heavy (non-hydrogen) atoms. The molecule has 0 aliphatic heterocycles. The molecular weight excluding hydrogens is 278 g/mol. The maximum Gasteiger partial charge on any atom is 0.246 e. The largest absolute Gasteiger partial charge is 0.495 e. The Balaban J connectivity index is 2.08. The first-order valence-electron chi connectivity index (χ1n) is 6.85. The van der Waals surface area contributed by atoms with Crippen LogP contribution in [0.3, 0.4) is 0 Å². The number of benzene rings is 2. The highest BCUT2D eigenvalue weighted by Crippen LogP contribution is 2.24. The summed E-state index contributed by atoms with van der Waals surface area (Å²) < 4.78 is 5.24. The first-order chi connectivity index (χ1) is 10.7. The van der Waals surface area contributed by atoms with E-state index in [1.807, 2.05) is 24.3 Å². The van der Waals surface area contributed by atoms with Gasteiger partial charge in [-0.2, -0.15) is 5.26 Å².